The SMILES string of the molecule is CC.CCCCCCNC(=O)OCC. The number of ether oxygens (including phenoxy) is 1. The zero-order valence-electron chi connectivity index (χ0n) is 10.1. The Bertz CT molecular complexity index is 116. The first-order chi connectivity index (χ1) is 6.81. The van der Waals surface area contributed by atoms with Crippen molar-refractivity contribution in [1.29, 1.82) is 0 Å². The fourth-order valence-electron chi connectivity index (χ4n) is 0.924. The van der Waals surface area contributed by atoms with Gasteiger partial charge in [0.25, 0.3) is 0 Å². The van der Waals surface area contributed by atoms with Gasteiger partial charge in [0.2, 0.25) is 0 Å². The topological polar surface area (TPSA) is 38.3 Å². The van der Waals surface area contributed by atoms with E-state index < -0.39 is 0 Å². The fraction of sp³-hybridized carbons (Fsp3) is 0.909. The molecule has 0 rings (SSSR count). The highest BCUT2D eigenvalue weighted by molar-refractivity contribution is 5.66. The van der Waals surface area contributed by atoms with E-state index in [1.165, 1.54) is 19.3 Å². The van der Waals surface area contributed by atoms with Crippen molar-refractivity contribution in [2.45, 2.75) is 53.4 Å². The molecule has 0 saturated carbocycles. The van der Waals surface area contributed by atoms with Crippen LogP contribution in [0.4, 0.5) is 4.79 Å². The Balaban J connectivity index is 0. The predicted molar refractivity (Wildman–Crippen MR) is 60.5 cm³/mol. The summed E-state index contributed by atoms with van der Waals surface area (Å²) in [7, 11) is 0. The van der Waals surface area contributed by atoms with Gasteiger partial charge in [-0.1, -0.05) is 40.0 Å². The minimum absolute atomic E-state index is 0.297. The third-order valence-electron chi connectivity index (χ3n) is 1.58. The third-order valence-corrected chi connectivity index (χ3v) is 1.58. The Morgan fingerprint density at radius 3 is 2.29 bits per heavy atom. The van der Waals surface area contributed by atoms with Crippen LogP contribution in [0.15, 0.2) is 0 Å². The molecular weight excluding hydrogens is 178 g/mol. The van der Waals surface area contributed by atoms with Gasteiger partial charge in [0, 0.05) is 6.54 Å². The van der Waals surface area contributed by atoms with Gasteiger partial charge in [-0.2, -0.15) is 0 Å². The molecule has 3 nitrogen and oxygen atoms in total. The Morgan fingerprint density at radius 1 is 1.14 bits per heavy atom. The van der Waals surface area contributed by atoms with Crippen LogP contribution in [-0.4, -0.2) is 19.2 Å². The van der Waals surface area contributed by atoms with Gasteiger partial charge in [-0.25, -0.2) is 4.79 Å². The lowest BCUT2D eigenvalue weighted by Gasteiger charge is -2.03. The summed E-state index contributed by atoms with van der Waals surface area (Å²) in [5, 5.41) is 2.68. The van der Waals surface area contributed by atoms with Crippen LogP contribution in [0.3, 0.4) is 0 Å². The van der Waals surface area contributed by atoms with Crippen molar-refractivity contribution >= 4 is 6.09 Å². The fourth-order valence-corrected chi connectivity index (χ4v) is 0.924. The molecule has 0 unspecified atom stereocenters. The molecule has 0 spiro atoms. The number of amides is 1. The lowest BCUT2D eigenvalue weighted by molar-refractivity contribution is 0.152. The largest absolute Gasteiger partial charge is 0.450 e. The first-order valence-corrected chi connectivity index (χ1v) is 5.71. The standard InChI is InChI=1S/C9H19NO2.C2H6/c1-3-5-6-7-8-10-9(11)12-4-2;1-2/h3-8H2,1-2H3,(H,10,11);1-2H3. The van der Waals surface area contributed by atoms with Gasteiger partial charge in [0.1, 0.15) is 0 Å². The molecule has 14 heavy (non-hydrogen) atoms. The van der Waals surface area contributed by atoms with Crippen LogP contribution in [0.1, 0.15) is 53.4 Å². The molecule has 0 aromatic rings. The van der Waals surface area contributed by atoms with E-state index in [4.69, 9.17) is 4.74 Å². The summed E-state index contributed by atoms with van der Waals surface area (Å²) >= 11 is 0. The monoisotopic (exact) mass is 203 g/mol. The normalized spacial score (nSPS) is 8.57. The maximum absolute atomic E-state index is 10.7. The molecule has 0 atom stereocenters. The summed E-state index contributed by atoms with van der Waals surface area (Å²) in [6, 6.07) is 0. The van der Waals surface area contributed by atoms with E-state index in [-0.39, 0.29) is 6.09 Å². The van der Waals surface area contributed by atoms with Gasteiger partial charge in [-0.15, -0.1) is 0 Å². The summed E-state index contributed by atoms with van der Waals surface area (Å²) in [5.41, 5.74) is 0. The lowest BCUT2D eigenvalue weighted by atomic mass is 10.2. The molecule has 3 heteroatoms. The molecule has 0 aromatic carbocycles. The van der Waals surface area contributed by atoms with Crippen molar-refractivity contribution < 1.29 is 9.53 Å². The minimum atomic E-state index is -0.297. The molecule has 0 saturated heterocycles. The summed E-state index contributed by atoms with van der Waals surface area (Å²) in [5.74, 6) is 0. The molecule has 0 aromatic heterocycles. The average Bonchev–Trinajstić information content (AvgIpc) is 2.21. The van der Waals surface area contributed by atoms with Gasteiger partial charge in [0.05, 0.1) is 6.61 Å². The molecule has 1 amide bonds. The van der Waals surface area contributed by atoms with E-state index >= 15 is 0 Å². The van der Waals surface area contributed by atoms with Crippen LogP contribution >= 0.6 is 0 Å². The van der Waals surface area contributed by atoms with E-state index in [0.29, 0.717) is 6.61 Å². The Kier molecular flexibility index (Phi) is 16.6. The molecule has 86 valence electrons. The maximum atomic E-state index is 10.7. The smallest absolute Gasteiger partial charge is 0.407 e. The Labute approximate surface area is 88.2 Å². The first-order valence-electron chi connectivity index (χ1n) is 5.71. The van der Waals surface area contributed by atoms with Crippen LogP contribution in [0.2, 0.25) is 0 Å². The summed E-state index contributed by atoms with van der Waals surface area (Å²) in [6.07, 6.45) is 4.40. The van der Waals surface area contributed by atoms with Gasteiger partial charge < -0.3 is 10.1 Å². The van der Waals surface area contributed by atoms with E-state index in [2.05, 4.69) is 12.2 Å². The third kappa shape index (κ3) is 13.8. The highest BCUT2D eigenvalue weighted by Crippen LogP contribution is 1.96. The summed E-state index contributed by atoms with van der Waals surface area (Å²) in [6.45, 7) is 9.15. The molecule has 0 aliphatic rings. The number of hydrogen-bond donors (Lipinski definition) is 1. The van der Waals surface area contributed by atoms with Crippen LogP contribution in [-0.2, 0) is 4.74 Å². The van der Waals surface area contributed by atoms with Crippen molar-refractivity contribution in [3.05, 3.63) is 0 Å². The zero-order chi connectivity index (χ0) is 11.2. The van der Waals surface area contributed by atoms with Crippen molar-refractivity contribution in [2.24, 2.45) is 0 Å². The Morgan fingerprint density at radius 2 is 1.79 bits per heavy atom. The minimum Gasteiger partial charge on any atom is -0.450 e. The van der Waals surface area contributed by atoms with Crippen LogP contribution in [0, 0.1) is 0 Å². The van der Waals surface area contributed by atoms with Crippen molar-refractivity contribution in [2.75, 3.05) is 13.2 Å². The number of rotatable bonds is 6. The maximum Gasteiger partial charge on any atom is 0.407 e. The van der Waals surface area contributed by atoms with Crippen molar-refractivity contribution in [3.63, 3.8) is 0 Å². The van der Waals surface area contributed by atoms with Crippen molar-refractivity contribution in [1.82, 2.24) is 5.32 Å². The number of nitrogens with one attached hydrogen (secondary N) is 1. The van der Waals surface area contributed by atoms with E-state index in [1.54, 1.807) is 6.92 Å². The highest BCUT2D eigenvalue weighted by atomic mass is 16.5. The first kappa shape index (κ1) is 15.7. The van der Waals surface area contributed by atoms with Gasteiger partial charge in [-0.05, 0) is 13.3 Å². The van der Waals surface area contributed by atoms with Gasteiger partial charge >= 0.3 is 6.09 Å². The Hall–Kier alpha value is -0.730. The molecule has 0 bridgehead atoms. The van der Waals surface area contributed by atoms with Crippen LogP contribution in [0.5, 0.6) is 0 Å². The molecular formula is C11H25NO2. The van der Waals surface area contributed by atoms with Crippen LogP contribution in [0.25, 0.3) is 0 Å². The van der Waals surface area contributed by atoms with Gasteiger partial charge in [-0.3, -0.25) is 0 Å². The molecule has 0 aliphatic carbocycles. The second-order valence-electron chi connectivity index (χ2n) is 2.71. The average molecular weight is 203 g/mol. The molecule has 0 heterocycles. The van der Waals surface area contributed by atoms with Gasteiger partial charge in [0.15, 0.2) is 0 Å². The summed E-state index contributed by atoms with van der Waals surface area (Å²) < 4.78 is 4.70. The number of carbonyl (C=O) groups is 1. The highest BCUT2D eigenvalue weighted by Gasteiger charge is 1.96. The predicted octanol–water partition coefficient (Wildman–Crippen LogP) is 3.34. The molecule has 0 radical (unpaired) electrons. The van der Waals surface area contributed by atoms with E-state index in [1.807, 2.05) is 13.8 Å². The molecule has 1 N–H and O–H groups in total. The lowest BCUT2D eigenvalue weighted by Crippen LogP contribution is -2.25. The van der Waals surface area contributed by atoms with Crippen LogP contribution < -0.4 is 5.32 Å². The second-order valence-corrected chi connectivity index (χ2v) is 2.71. The number of carbonyl (C=O) groups excluding carboxylic acids is 1. The number of unbranched alkanes of at least 4 members (excludes halogenated alkanes) is 3. The second kappa shape index (κ2) is 14.8. The number of alkyl carbamates (subject to hydrolysis) is 1. The summed E-state index contributed by atoms with van der Waals surface area (Å²) in [4.78, 5) is 10.7. The van der Waals surface area contributed by atoms with Crippen molar-refractivity contribution in [3.8, 4) is 0 Å². The quantitative estimate of drug-likeness (QED) is 0.672. The molecule has 0 fully saturated rings. The van der Waals surface area contributed by atoms with E-state index in [0.717, 1.165) is 13.0 Å². The molecule has 0 aliphatic heterocycles. The number of hydrogen-bond acceptors (Lipinski definition) is 2. The zero-order valence-corrected chi connectivity index (χ0v) is 10.1. The van der Waals surface area contributed by atoms with E-state index in [9.17, 15) is 4.79 Å².